The molecule has 0 spiro atoms. The van der Waals surface area contributed by atoms with E-state index < -0.39 is 0 Å². The molecule has 0 aliphatic heterocycles. The zero-order chi connectivity index (χ0) is 13.8. The third-order valence-electron chi connectivity index (χ3n) is 2.79. The highest BCUT2D eigenvalue weighted by Crippen LogP contribution is 2.25. The van der Waals surface area contributed by atoms with Crippen LogP contribution in [0.3, 0.4) is 0 Å². The molecule has 3 rings (SSSR count). The molecule has 6 nitrogen and oxygen atoms in total. The summed E-state index contributed by atoms with van der Waals surface area (Å²) in [6.07, 6.45) is 1.92. The lowest BCUT2D eigenvalue weighted by molar-refractivity contribution is 0.419. The molecule has 0 aliphatic carbocycles. The molecule has 0 amide bonds. The van der Waals surface area contributed by atoms with Gasteiger partial charge in [0.25, 0.3) is 0 Å². The van der Waals surface area contributed by atoms with Crippen LogP contribution in [0.5, 0.6) is 0 Å². The first kappa shape index (κ1) is 13.0. The first-order valence-corrected chi connectivity index (χ1v) is 7.32. The van der Waals surface area contributed by atoms with Crippen LogP contribution in [0, 0.1) is 0 Å². The summed E-state index contributed by atoms with van der Waals surface area (Å²) in [5.74, 6) is 0.794. The van der Waals surface area contributed by atoms with E-state index in [0.29, 0.717) is 6.54 Å². The minimum atomic E-state index is 0.563. The van der Waals surface area contributed by atoms with Gasteiger partial charge in [0.05, 0.1) is 23.3 Å². The lowest BCUT2D eigenvalue weighted by Crippen LogP contribution is -2.11. The van der Waals surface area contributed by atoms with Crippen LogP contribution < -0.4 is 5.32 Å². The van der Waals surface area contributed by atoms with Crippen LogP contribution >= 0.6 is 11.3 Å². The van der Waals surface area contributed by atoms with E-state index in [9.17, 15) is 0 Å². The summed E-state index contributed by atoms with van der Waals surface area (Å²) in [4.78, 5) is 1.08. The zero-order valence-electron chi connectivity index (χ0n) is 11.1. The Bertz CT molecular complexity index is 658. The van der Waals surface area contributed by atoms with Crippen LogP contribution in [-0.2, 0) is 13.1 Å². The molecule has 0 radical (unpaired) electrons. The highest BCUT2D eigenvalue weighted by molar-refractivity contribution is 7.13. The highest BCUT2D eigenvalue weighted by atomic mass is 32.1. The standard InChI is InChI=1S/C13H15N5OS/c1-2-14-7-11-9-18(17-15-11)8-10-6-12(19-16-10)13-4-3-5-20-13/h3-6,9,14H,2,7-8H2,1H3. The van der Waals surface area contributed by atoms with Crippen molar-refractivity contribution in [3.8, 4) is 10.6 Å². The van der Waals surface area contributed by atoms with E-state index in [-0.39, 0.29) is 0 Å². The molecule has 0 aromatic carbocycles. The first-order valence-electron chi connectivity index (χ1n) is 6.44. The highest BCUT2D eigenvalue weighted by Gasteiger charge is 2.09. The molecule has 3 aromatic rings. The fourth-order valence-corrected chi connectivity index (χ4v) is 2.51. The Morgan fingerprint density at radius 3 is 3.15 bits per heavy atom. The quantitative estimate of drug-likeness (QED) is 0.753. The fourth-order valence-electron chi connectivity index (χ4n) is 1.84. The second-order valence-corrected chi connectivity index (χ2v) is 5.30. The molecule has 104 valence electrons. The minimum absolute atomic E-state index is 0.563. The maximum Gasteiger partial charge on any atom is 0.177 e. The average Bonchev–Trinajstić information content (AvgIpc) is 3.18. The van der Waals surface area contributed by atoms with Gasteiger partial charge in [0, 0.05) is 12.6 Å². The molecule has 0 atom stereocenters. The average molecular weight is 289 g/mol. The number of rotatable bonds is 6. The summed E-state index contributed by atoms with van der Waals surface area (Å²) in [6, 6.07) is 5.95. The van der Waals surface area contributed by atoms with E-state index in [1.807, 2.05) is 29.8 Å². The Balaban J connectivity index is 1.67. The second-order valence-electron chi connectivity index (χ2n) is 4.35. The van der Waals surface area contributed by atoms with Crippen LogP contribution in [0.4, 0.5) is 0 Å². The van der Waals surface area contributed by atoms with Gasteiger partial charge in [-0.2, -0.15) is 0 Å². The number of thiophene rings is 1. The van der Waals surface area contributed by atoms with Gasteiger partial charge in [0.15, 0.2) is 5.76 Å². The van der Waals surface area contributed by atoms with Gasteiger partial charge in [-0.1, -0.05) is 23.4 Å². The molecule has 3 heterocycles. The van der Waals surface area contributed by atoms with Crippen molar-refractivity contribution >= 4 is 11.3 Å². The summed E-state index contributed by atoms with van der Waals surface area (Å²) < 4.78 is 7.11. The molecule has 7 heteroatoms. The number of hydrogen-bond acceptors (Lipinski definition) is 6. The normalized spacial score (nSPS) is 11.1. The molecule has 1 N–H and O–H groups in total. The van der Waals surface area contributed by atoms with Gasteiger partial charge in [-0.25, -0.2) is 4.68 Å². The zero-order valence-corrected chi connectivity index (χ0v) is 11.9. The van der Waals surface area contributed by atoms with Gasteiger partial charge in [-0.3, -0.25) is 0 Å². The van der Waals surface area contributed by atoms with Crippen molar-refractivity contribution in [2.45, 2.75) is 20.0 Å². The van der Waals surface area contributed by atoms with Crippen molar-refractivity contribution in [3.63, 3.8) is 0 Å². The SMILES string of the molecule is CCNCc1cn(Cc2cc(-c3cccs3)on2)nn1. The van der Waals surface area contributed by atoms with Gasteiger partial charge < -0.3 is 9.84 Å². The molecular weight excluding hydrogens is 274 g/mol. The van der Waals surface area contributed by atoms with Crippen molar-refractivity contribution in [2.24, 2.45) is 0 Å². The predicted molar refractivity (Wildman–Crippen MR) is 76.3 cm³/mol. The molecular formula is C13H15N5OS. The van der Waals surface area contributed by atoms with E-state index in [0.717, 1.165) is 35.1 Å². The van der Waals surface area contributed by atoms with Crippen LogP contribution in [0.1, 0.15) is 18.3 Å². The molecule has 0 aliphatic rings. The van der Waals surface area contributed by atoms with Crippen molar-refractivity contribution < 1.29 is 4.52 Å². The minimum Gasteiger partial charge on any atom is -0.355 e. The third kappa shape index (κ3) is 2.94. The topological polar surface area (TPSA) is 68.8 Å². The second kappa shape index (κ2) is 5.98. The van der Waals surface area contributed by atoms with Gasteiger partial charge in [0.1, 0.15) is 5.69 Å². The van der Waals surface area contributed by atoms with Gasteiger partial charge >= 0.3 is 0 Å². The van der Waals surface area contributed by atoms with Gasteiger partial charge in [-0.15, -0.1) is 16.4 Å². The van der Waals surface area contributed by atoms with Crippen LogP contribution in [0.15, 0.2) is 34.3 Å². The summed E-state index contributed by atoms with van der Waals surface area (Å²) >= 11 is 1.63. The van der Waals surface area contributed by atoms with E-state index in [2.05, 4.69) is 27.7 Å². The third-order valence-corrected chi connectivity index (χ3v) is 3.67. The summed E-state index contributed by atoms with van der Waals surface area (Å²) in [5, 5.41) is 17.5. The number of nitrogens with one attached hydrogen (secondary N) is 1. The van der Waals surface area contributed by atoms with E-state index in [1.54, 1.807) is 16.0 Å². The maximum atomic E-state index is 5.34. The molecule has 0 saturated heterocycles. The number of aromatic nitrogens is 4. The molecule has 0 bridgehead atoms. The van der Waals surface area contributed by atoms with Crippen LogP contribution in [0.2, 0.25) is 0 Å². The molecule has 0 fully saturated rings. The van der Waals surface area contributed by atoms with E-state index >= 15 is 0 Å². The molecule has 0 unspecified atom stereocenters. The summed E-state index contributed by atoms with van der Waals surface area (Å²) in [7, 11) is 0. The lowest BCUT2D eigenvalue weighted by atomic mass is 10.3. The van der Waals surface area contributed by atoms with Crippen LogP contribution in [-0.4, -0.2) is 26.7 Å². The predicted octanol–water partition coefficient (Wildman–Crippen LogP) is 2.15. The Labute approximate surface area is 120 Å². The fraction of sp³-hybridized carbons (Fsp3) is 0.308. The Kier molecular flexibility index (Phi) is 3.89. The monoisotopic (exact) mass is 289 g/mol. The van der Waals surface area contributed by atoms with Gasteiger partial charge in [-0.05, 0) is 18.0 Å². The lowest BCUT2D eigenvalue weighted by Gasteiger charge is -1.95. The summed E-state index contributed by atoms with van der Waals surface area (Å²) in [6.45, 7) is 4.27. The Hall–Kier alpha value is -1.99. The largest absolute Gasteiger partial charge is 0.355 e. The van der Waals surface area contributed by atoms with E-state index in [4.69, 9.17) is 4.52 Å². The Morgan fingerprint density at radius 1 is 1.40 bits per heavy atom. The van der Waals surface area contributed by atoms with Crippen molar-refractivity contribution in [1.29, 1.82) is 0 Å². The van der Waals surface area contributed by atoms with Gasteiger partial charge in [0.2, 0.25) is 0 Å². The Morgan fingerprint density at radius 2 is 2.35 bits per heavy atom. The molecule has 3 aromatic heterocycles. The summed E-state index contributed by atoms with van der Waals surface area (Å²) in [5.41, 5.74) is 1.77. The molecule has 20 heavy (non-hydrogen) atoms. The van der Waals surface area contributed by atoms with E-state index in [1.165, 1.54) is 0 Å². The molecule has 0 saturated carbocycles. The number of hydrogen-bond donors (Lipinski definition) is 1. The van der Waals surface area contributed by atoms with Crippen molar-refractivity contribution in [2.75, 3.05) is 6.54 Å². The smallest absolute Gasteiger partial charge is 0.177 e. The first-order chi connectivity index (χ1) is 9.85. The van der Waals surface area contributed by atoms with Crippen molar-refractivity contribution in [3.05, 3.63) is 41.2 Å². The van der Waals surface area contributed by atoms with Crippen LogP contribution in [0.25, 0.3) is 10.6 Å². The van der Waals surface area contributed by atoms with Crippen molar-refractivity contribution in [1.82, 2.24) is 25.5 Å². The maximum absolute atomic E-state index is 5.34. The number of nitrogens with zero attached hydrogens (tertiary/aromatic N) is 4.